The maximum absolute atomic E-state index is 12.7. The van der Waals surface area contributed by atoms with Gasteiger partial charge in [0.05, 0.1) is 4.90 Å². The third-order valence-electron chi connectivity index (χ3n) is 4.12. The predicted octanol–water partition coefficient (Wildman–Crippen LogP) is 5.22. The third-order valence-corrected chi connectivity index (χ3v) is 6.10. The zero-order chi connectivity index (χ0) is 20.1. The first-order valence-corrected chi connectivity index (χ1v) is 10.7. The van der Waals surface area contributed by atoms with Crippen LogP contribution in [0.3, 0.4) is 0 Å². The van der Waals surface area contributed by atoms with Gasteiger partial charge in [-0.2, -0.15) is 0 Å². The molecule has 0 aliphatic carbocycles. The summed E-state index contributed by atoms with van der Waals surface area (Å²) in [6, 6.07) is 17.5. The molecule has 2 aromatic carbocycles. The van der Waals surface area contributed by atoms with Crippen LogP contribution < -0.4 is 4.72 Å². The van der Waals surface area contributed by atoms with Gasteiger partial charge in [-0.25, -0.2) is 18.1 Å². The van der Waals surface area contributed by atoms with Gasteiger partial charge in [0, 0.05) is 17.8 Å². The van der Waals surface area contributed by atoms with Crippen LogP contribution in [0.15, 0.2) is 71.8 Å². The van der Waals surface area contributed by atoms with Crippen molar-refractivity contribution < 1.29 is 8.42 Å². The lowest BCUT2D eigenvalue weighted by molar-refractivity contribution is 0.586. The van der Waals surface area contributed by atoms with E-state index >= 15 is 0 Å². The molecule has 7 heteroatoms. The highest BCUT2D eigenvalue weighted by Crippen LogP contribution is 2.23. The van der Waals surface area contributed by atoms with Gasteiger partial charge in [0.2, 0.25) is 10.0 Å². The molecule has 0 fully saturated rings. The van der Waals surface area contributed by atoms with Crippen LogP contribution in [0.2, 0.25) is 10.2 Å². The van der Waals surface area contributed by atoms with Gasteiger partial charge in [0.1, 0.15) is 5.15 Å². The van der Waals surface area contributed by atoms with Gasteiger partial charge in [-0.15, -0.1) is 0 Å². The van der Waals surface area contributed by atoms with E-state index < -0.39 is 10.0 Å². The summed E-state index contributed by atoms with van der Waals surface area (Å²) in [5, 5.41) is 0.935. The Labute approximate surface area is 174 Å². The molecular formula is C21H18Cl2N2O2S. The summed E-state index contributed by atoms with van der Waals surface area (Å²) < 4.78 is 28.0. The number of benzene rings is 2. The molecule has 0 aliphatic heterocycles. The largest absolute Gasteiger partial charge is 0.244 e. The van der Waals surface area contributed by atoms with Crippen LogP contribution in [0.1, 0.15) is 16.7 Å². The highest BCUT2D eigenvalue weighted by atomic mass is 35.5. The Hall–Kier alpha value is -2.18. The number of aromatic nitrogens is 1. The molecular weight excluding hydrogens is 415 g/mol. The van der Waals surface area contributed by atoms with Crippen molar-refractivity contribution in [3.63, 3.8) is 0 Å². The molecule has 1 heterocycles. The number of nitrogens with one attached hydrogen (secondary N) is 1. The first kappa shape index (κ1) is 20.6. The van der Waals surface area contributed by atoms with Crippen molar-refractivity contribution in [3.05, 3.63) is 93.7 Å². The van der Waals surface area contributed by atoms with E-state index in [2.05, 4.69) is 9.71 Å². The lowest BCUT2D eigenvalue weighted by Crippen LogP contribution is -2.25. The van der Waals surface area contributed by atoms with Crippen molar-refractivity contribution in [2.75, 3.05) is 6.54 Å². The van der Waals surface area contributed by atoms with Crippen molar-refractivity contribution in [1.29, 1.82) is 0 Å². The van der Waals surface area contributed by atoms with Gasteiger partial charge in [0.15, 0.2) is 0 Å². The first-order valence-electron chi connectivity index (χ1n) is 8.48. The van der Waals surface area contributed by atoms with E-state index in [9.17, 15) is 8.42 Å². The monoisotopic (exact) mass is 432 g/mol. The maximum atomic E-state index is 12.7. The Morgan fingerprint density at radius 2 is 1.75 bits per heavy atom. The third kappa shape index (κ3) is 5.20. The number of sulfonamides is 1. The van der Waals surface area contributed by atoms with Crippen LogP contribution in [0.4, 0.5) is 0 Å². The van der Waals surface area contributed by atoms with E-state index in [1.807, 2.05) is 31.2 Å². The van der Waals surface area contributed by atoms with Gasteiger partial charge in [0.25, 0.3) is 0 Å². The summed E-state index contributed by atoms with van der Waals surface area (Å²) >= 11 is 12.1. The molecule has 4 nitrogen and oxygen atoms in total. The lowest BCUT2D eigenvalue weighted by Gasteiger charge is -2.12. The lowest BCUT2D eigenvalue weighted by atomic mass is 10.0. The SMILES string of the molecule is Cc1ccc(S(=O)(=O)NC/C(=C/c2ccccc2Cl)c2ccc(Cl)nc2)cc1. The molecule has 0 unspecified atom stereocenters. The Bertz CT molecular complexity index is 1090. The number of pyridine rings is 1. The smallest absolute Gasteiger partial charge is 0.240 e. The second-order valence-corrected chi connectivity index (χ2v) is 8.76. The Balaban J connectivity index is 1.92. The van der Waals surface area contributed by atoms with Crippen LogP contribution in [0.5, 0.6) is 0 Å². The number of aryl methyl sites for hydroxylation is 1. The average Bonchev–Trinajstić information content (AvgIpc) is 2.68. The number of hydrogen-bond acceptors (Lipinski definition) is 3. The molecule has 0 saturated heterocycles. The van der Waals surface area contributed by atoms with Gasteiger partial charge in [-0.3, -0.25) is 0 Å². The average molecular weight is 433 g/mol. The molecule has 28 heavy (non-hydrogen) atoms. The number of hydrogen-bond donors (Lipinski definition) is 1. The molecule has 0 atom stereocenters. The predicted molar refractivity (Wildman–Crippen MR) is 115 cm³/mol. The molecule has 1 aromatic heterocycles. The quantitative estimate of drug-likeness (QED) is 0.543. The highest BCUT2D eigenvalue weighted by Gasteiger charge is 2.15. The molecule has 3 aromatic rings. The summed E-state index contributed by atoms with van der Waals surface area (Å²) in [7, 11) is -3.66. The molecule has 144 valence electrons. The molecule has 1 N–H and O–H groups in total. The number of nitrogens with zero attached hydrogens (tertiary/aromatic N) is 1. The summed E-state index contributed by atoms with van der Waals surface area (Å²) in [4.78, 5) is 4.30. The van der Waals surface area contributed by atoms with Gasteiger partial charge in [-0.05, 0) is 54.0 Å². The van der Waals surface area contributed by atoms with Gasteiger partial charge < -0.3 is 0 Å². The normalized spacial score (nSPS) is 12.2. The minimum Gasteiger partial charge on any atom is -0.244 e. The fourth-order valence-corrected chi connectivity index (χ4v) is 3.86. The minimum atomic E-state index is -3.66. The molecule has 0 amide bonds. The first-order chi connectivity index (χ1) is 13.3. The van der Waals surface area contributed by atoms with Crippen molar-refractivity contribution in [2.24, 2.45) is 0 Å². The van der Waals surface area contributed by atoms with E-state index in [4.69, 9.17) is 23.2 Å². The van der Waals surface area contributed by atoms with Gasteiger partial charge in [-0.1, -0.05) is 65.2 Å². The second-order valence-electron chi connectivity index (χ2n) is 6.20. The van der Waals surface area contributed by atoms with Crippen LogP contribution >= 0.6 is 23.2 Å². The fourth-order valence-electron chi connectivity index (χ4n) is 2.56. The molecule has 0 aliphatic rings. The van der Waals surface area contributed by atoms with E-state index in [0.29, 0.717) is 15.7 Å². The molecule has 0 radical (unpaired) electrons. The van der Waals surface area contributed by atoms with E-state index in [1.165, 1.54) is 0 Å². The molecule has 0 bridgehead atoms. The van der Waals surface area contributed by atoms with E-state index in [-0.39, 0.29) is 11.4 Å². The van der Waals surface area contributed by atoms with Crippen molar-refractivity contribution in [1.82, 2.24) is 9.71 Å². The molecule has 0 spiro atoms. The maximum Gasteiger partial charge on any atom is 0.240 e. The van der Waals surface area contributed by atoms with Crippen LogP contribution in [0, 0.1) is 6.92 Å². The Morgan fingerprint density at radius 1 is 1.04 bits per heavy atom. The number of halogens is 2. The number of rotatable bonds is 6. The van der Waals surface area contributed by atoms with Gasteiger partial charge >= 0.3 is 0 Å². The molecule has 3 rings (SSSR count). The van der Waals surface area contributed by atoms with Crippen LogP contribution in [-0.4, -0.2) is 19.9 Å². The highest BCUT2D eigenvalue weighted by molar-refractivity contribution is 7.89. The van der Waals surface area contributed by atoms with Crippen LogP contribution in [0.25, 0.3) is 11.6 Å². The van der Waals surface area contributed by atoms with E-state index in [0.717, 1.165) is 16.7 Å². The zero-order valence-electron chi connectivity index (χ0n) is 15.1. The summed E-state index contributed by atoms with van der Waals surface area (Å²) in [5.74, 6) is 0. The zero-order valence-corrected chi connectivity index (χ0v) is 17.4. The van der Waals surface area contributed by atoms with Crippen molar-refractivity contribution in [2.45, 2.75) is 11.8 Å². The van der Waals surface area contributed by atoms with Crippen molar-refractivity contribution in [3.8, 4) is 0 Å². The Kier molecular flexibility index (Phi) is 6.52. The fraction of sp³-hybridized carbons (Fsp3) is 0.0952. The second kappa shape index (κ2) is 8.88. The standard InChI is InChI=1S/C21H18Cl2N2O2S/c1-15-6-9-19(10-7-15)28(26,27)25-14-18(17-8-11-21(23)24-13-17)12-16-4-2-3-5-20(16)22/h2-13,25H,14H2,1H3/b18-12-. The van der Waals surface area contributed by atoms with Crippen LogP contribution in [-0.2, 0) is 10.0 Å². The minimum absolute atomic E-state index is 0.0742. The summed E-state index contributed by atoms with van der Waals surface area (Å²) in [6.45, 7) is 1.98. The molecule has 0 saturated carbocycles. The van der Waals surface area contributed by atoms with Crippen molar-refractivity contribution >= 4 is 44.9 Å². The topological polar surface area (TPSA) is 59.1 Å². The summed E-state index contributed by atoms with van der Waals surface area (Å²) in [6.07, 6.45) is 3.44. The van der Waals surface area contributed by atoms with E-state index in [1.54, 1.807) is 48.7 Å². The Morgan fingerprint density at radius 3 is 2.39 bits per heavy atom. The summed E-state index contributed by atoms with van der Waals surface area (Å²) in [5.41, 5.74) is 3.23.